The molecule has 1 heterocycles. The van der Waals surface area contributed by atoms with Crippen molar-refractivity contribution < 1.29 is 0 Å². The van der Waals surface area contributed by atoms with Crippen molar-refractivity contribution in [3.8, 4) is 11.3 Å². The fourth-order valence-electron chi connectivity index (χ4n) is 1.61. The SMILES string of the molecule is CCc1ccc(Cl)cc1-c1cc(=O)[nH]cn1. The first-order valence-electron chi connectivity index (χ1n) is 5.04. The van der Waals surface area contributed by atoms with Gasteiger partial charge in [0.25, 0.3) is 5.56 Å². The summed E-state index contributed by atoms with van der Waals surface area (Å²) in [6.45, 7) is 2.06. The molecule has 1 aromatic carbocycles. The highest BCUT2D eigenvalue weighted by atomic mass is 35.5. The third-order valence-electron chi connectivity index (χ3n) is 2.41. The highest BCUT2D eigenvalue weighted by Crippen LogP contribution is 2.24. The molecule has 3 nitrogen and oxygen atoms in total. The zero-order chi connectivity index (χ0) is 11.5. The van der Waals surface area contributed by atoms with Gasteiger partial charge in [0, 0.05) is 16.7 Å². The van der Waals surface area contributed by atoms with Gasteiger partial charge in [0.05, 0.1) is 12.0 Å². The van der Waals surface area contributed by atoms with Gasteiger partial charge in [0.2, 0.25) is 0 Å². The second-order valence-electron chi connectivity index (χ2n) is 3.45. The van der Waals surface area contributed by atoms with E-state index in [2.05, 4.69) is 16.9 Å². The highest BCUT2D eigenvalue weighted by Gasteiger charge is 2.06. The number of aromatic nitrogens is 2. The van der Waals surface area contributed by atoms with Crippen LogP contribution in [0.15, 0.2) is 35.4 Å². The van der Waals surface area contributed by atoms with Gasteiger partial charge in [-0.2, -0.15) is 0 Å². The average molecular weight is 235 g/mol. The Morgan fingerprint density at radius 3 is 2.88 bits per heavy atom. The van der Waals surface area contributed by atoms with Gasteiger partial charge in [-0.05, 0) is 24.1 Å². The van der Waals surface area contributed by atoms with Crippen molar-refractivity contribution in [2.24, 2.45) is 0 Å². The minimum atomic E-state index is -0.160. The van der Waals surface area contributed by atoms with E-state index in [4.69, 9.17) is 11.6 Å². The van der Waals surface area contributed by atoms with Gasteiger partial charge in [-0.25, -0.2) is 4.98 Å². The summed E-state index contributed by atoms with van der Waals surface area (Å²) in [5.74, 6) is 0. The van der Waals surface area contributed by atoms with Crippen LogP contribution in [0.2, 0.25) is 5.02 Å². The fourth-order valence-corrected chi connectivity index (χ4v) is 1.78. The van der Waals surface area contributed by atoms with Gasteiger partial charge in [-0.1, -0.05) is 24.6 Å². The fraction of sp³-hybridized carbons (Fsp3) is 0.167. The topological polar surface area (TPSA) is 45.8 Å². The van der Waals surface area contributed by atoms with Crippen molar-refractivity contribution in [1.82, 2.24) is 9.97 Å². The van der Waals surface area contributed by atoms with E-state index >= 15 is 0 Å². The Morgan fingerprint density at radius 1 is 1.38 bits per heavy atom. The number of halogens is 1. The van der Waals surface area contributed by atoms with Gasteiger partial charge < -0.3 is 4.98 Å². The van der Waals surface area contributed by atoms with Crippen LogP contribution >= 0.6 is 11.6 Å². The van der Waals surface area contributed by atoms with E-state index in [1.165, 1.54) is 12.4 Å². The van der Waals surface area contributed by atoms with Crippen LogP contribution in [0, 0.1) is 0 Å². The van der Waals surface area contributed by atoms with Crippen LogP contribution in [0.4, 0.5) is 0 Å². The van der Waals surface area contributed by atoms with E-state index < -0.39 is 0 Å². The maximum atomic E-state index is 11.2. The first-order valence-corrected chi connectivity index (χ1v) is 5.42. The van der Waals surface area contributed by atoms with E-state index in [1.54, 1.807) is 0 Å². The maximum absolute atomic E-state index is 11.2. The van der Waals surface area contributed by atoms with E-state index in [-0.39, 0.29) is 5.56 Å². The Bertz CT molecular complexity index is 563. The molecule has 2 rings (SSSR count). The number of nitrogens with zero attached hydrogens (tertiary/aromatic N) is 1. The molecule has 1 N–H and O–H groups in total. The van der Waals surface area contributed by atoms with E-state index in [0.29, 0.717) is 10.7 Å². The average Bonchev–Trinajstić information content (AvgIpc) is 2.29. The number of aryl methyl sites for hydroxylation is 1. The Hall–Kier alpha value is -1.61. The normalized spacial score (nSPS) is 10.4. The van der Waals surface area contributed by atoms with Gasteiger partial charge in [-0.3, -0.25) is 4.79 Å². The second-order valence-corrected chi connectivity index (χ2v) is 3.89. The molecule has 0 saturated carbocycles. The van der Waals surface area contributed by atoms with Crippen LogP contribution in [-0.2, 0) is 6.42 Å². The van der Waals surface area contributed by atoms with Gasteiger partial charge in [0.15, 0.2) is 0 Å². The molecule has 4 heteroatoms. The van der Waals surface area contributed by atoms with Crippen molar-refractivity contribution in [3.63, 3.8) is 0 Å². The van der Waals surface area contributed by atoms with Crippen molar-refractivity contribution in [1.29, 1.82) is 0 Å². The first kappa shape index (κ1) is 10.9. The Labute approximate surface area is 98.1 Å². The summed E-state index contributed by atoms with van der Waals surface area (Å²) in [5, 5.41) is 0.647. The molecule has 0 spiro atoms. The highest BCUT2D eigenvalue weighted by molar-refractivity contribution is 6.30. The number of aromatic amines is 1. The zero-order valence-corrected chi connectivity index (χ0v) is 9.58. The van der Waals surface area contributed by atoms with Crippen molar-refractivity contribution in [2.75, 3.05) is 0 Å². The maximum Gasteiger partial charge on any atom is 0.251 e. The minimum absolute atomic E-state index is 0.160. The second kappa shape index (κ2) is 4.49. The molecule has 0 fully saturated rings. The molecule has 0 unspecified atom stereocenters. The number of benzene rings is 1. The smallest absolute Gasteiger partial charge is 0.251 e. The summed E-state index contributed by atoms with van der Waals surface area (Å²) in [4.78, 5) is 17.9. The standard InChI is InChI=1S/C12H11ClN2O/c1-2-8-3-4-9(13)5-10(8)11-6-12(16)15-7-14-11/h3-7H,2H2,1H3,(H,14,15,16). The molecule has 1 aromatic heterocycles. The lowest BCUT2D eigenvalue weighted by atomic mass is 10.0. The van der Waals surface area contributed by atoms with Crippen LogP contribution in [-0.4, -0.2) is 9.97 Å². The number of hydrogen-bond acceptors (Lipinski definition) is 2. The first-order chi connectivity index (χ1) is 7.70. The summed E-state index contributed by atoms with van der Waals surface area (Å²) in [5.41, 5.74) is 2.54. The summed E-state index contributed by atoms with van der Waals surface area (Å²) in [6, 6.07) is 7.12. The molecule has 0 aliphatic carbocycles. The molecule has 0 saturated heterocycles. The Morgan fingerprint density at radius 2 is 2.19 bits per heavy atom. The van der Waals surface area contributed by atoms with Gasteiger partial charge >= 0.3 is 0 Å². The predicted molar refractivity (Wildman–Crippen MR) is 64.7 cm³/mol. The third-order valence-corrected chi connectivity index (χ3v) is 2.64. The molecule has 2 aromatic rings. The predicted octanol–water partition coefficient (Wildman–Crippen LogP) is 2.65. The summed E-state index contributed by atoms with van der Waals surface area (Å²) < 4.78 is 0. The van der Waals surface area contributed by atoms with Crippen LogP contribution in [0.25, 0.3) is 11.3 Å². The Balaban J connectivity index is 2.62. The number of hydrogen-bond donors (Lipinski definition) is 1. The summed E-state index contributed by atoms with van der Waals surface area (Å²) in [6.07, 6.45) is 2.28. The van der Waals surface area contributed by atoms with E-state index in [0.717, 1.165) is 17.5 Å². The monoisotopic (exact) mass is 234 g/mol. The van der Waals surface area contributed by atoms with Crippen LogP contribution in [0.3, 0.4) is 0 Å². The quantitative estimate of drug-likeness (QED) is 0.868. The molecule has 0 aliphatic rings. The molecule has 0 bridgehead atoms. The third kappa shape index (κ3) is 2.14. The molecular weight excluding hydrogens is 224 g/mol. The zero-order valence-electron chi connectivity index (χ0n) is 8.83. The molecule has 16 heavy (non-hydrogen) atoms. The van der Waals surface area contributed by atoms with Crippen molar-refractivity contribution in [2.45, 2.75) is 13.3 Å². The summed E-state index contributed by atoms with van der Waals surface area (Å²) in [7, 11) is 0. The molecule has 82 valence electrons. The lowest BCUT2D eigenvalue weighted by Crippen LogP contribution is -2.05. The number of H-pyrrole nitrogens is 1. The molecule has 0 amide bonds. The van der Waals surface area contributed by atoms with Gasteiger partial charge in [-0.15, -0.1) is 0 Å². The lowest BCUT2D eigenvalue weighted by molar-refractivity contribution is 1.10. The number of nitrogens with one attached hydrogen (secondary N) is 1. The number of rotatable bonds is 2. The van der Waals surface area contributed by atoms with Crippen LogP contribution in [0.5, 0.6) is 0 Å². The Kier molecular flexibility index (Phi) is 3.06. The molecule has 0 radical (unpaired) electrons. The van der Waals surface area contributed by atoms with Gasteiger partial charge in [0.1, 0.15) is 0 Å². The largest absolute Gasteiger partial charge is 0.313 e. The van der Waals surface area contributed by atoms with Crippen LogP contribution < -0.4 is 5.56 Å². The van der Waals surface area contributed by atoms with Crippen molar-refractivity contribution >= 4 is 11.6 Å². The lowest BCUT2D eigenvalue weighted by Gasteiger charge is -2.07. The van der Waals surface area contributed by atoms with E-state index in [1.807, 2.05) is 18.2 Å². The van der Waals surface area contributed by atoms with Crippen LogP contribution in [0.1, 0.15) is 12.5 Å². The molecule has 0 atom stereocenters. The minimum Gasteiger partial charge on any atom is -0.313 e. The van der Waals surface area contributed by atoms with E-state index in [9.17, 15) is 4.79 Å². The summed E-state index contributed by atoms with van der Waals surface area (Å²) >= 11 is 5.95. The van der Waals surface area contributed by atoms with Crippen molar-refractivity contribution in [3.05, 3.63) is 51.5 Å². The molecule has 0 aliphatic heterocycles. The molecular formula is C12H11ClN2O.